The van der Waals surface area contributed by atoms with Gasteiger partial charge in [0.2, 0.25) is 0 Å². The Balaban J connectivity index is 3.13. The van der Waals surface area contributed by atoms with Gasteiger partial charge < -0.3 is 10.4 Å². The zero-order valence-electron chi connectivity index (χ0n) is 10.1. The average molecular weight is 311 g/mol. The molecule has 0 spiro atoms. The molecular formula is C12H14Cl3NO2. The molecule has 0 aliphatic carbocycles. The Bertz CT molecular complexity index is 433. The van der Waals surface area contributed by atoms with Crippen LogP contribution in [0.3, 0.4) is 0 Å². The van der Waals surface area contributed by atoms with Gasteiger partial charge in [0.15, 0.2) is 0 Å². The van der Waals surface area contributed by atoms with Crippen LogP contribution in [0, 0.1) is 0 Å². The summed E-state index contributed by atoms with van der Waals surface area (Å²) in [4.78, 5) is 12.0. The number of amides is 1. The molecule has 1 rings (SSSR count). The third-order valence-corrected chi connectivity index (χ3v) is 3.77. The molecule has 6 heteroatoms. The number of carbonyl (C=O) groups is 1. The lowest BCUT2D eigenvalue weighted by molar-refractivity contribution is 0.0932. The number of phenolic OH excluding ortho intramolecular Hbond substituents is 1. The summed E-state index contributed by atoms with van der Waals surface area (Å²) in [6, 6.07) is 1.32. The third kappa shape index (κ3) is 3.22. The minimum Gasteiger partial charge on any atom is -0.505 e. The Morgan fingerprint density at radius 2 is 1.83 bits per heavy atom. The minimum atomic E-state index is -0.476. The molecule has 0 aliphatic rings. The van der Waals surface area contributed by atoms with E-state index in [1.165, 1.54) is 6.07 Å². The van der Waals surface area contributed by atoms with Gasteiger partial charge in [-0.2, -0.15) is 0 Å². The molecule has 2 N–H and O–H groups in total. The van der Waals surface area contributed by atoms with Crippen LogP contribution in [-0.2, 0) is 0 Å². The zero-order chi connectivity index (χ0) is 13.9. The lowest BCUT2D eigenvalue weighted by Crippen LogP contribution is -2.34. The molecule has 0 aromatic heterocycles. The van der Waals surface area contributed by atoms with Crippen molar-refractivity contribution in [3.05, 3.63) is 26.7 Å². The molecule has 1 aromatic carbocycles. The smallest absolute Gasteiger partial charge is 0.256 e. The maximum absolute atomic E-state index is 12.0. The van der Waals surface area contributed by atoms with Crippen molar-refractivity contribution >= 4 is 40.7 Å². The highest BCUT2D eigenvalue weighted by Crippen LogP contribution is 2.38. The topological polar surface area (TPSA) is 49.3 Å². The van der Waals surface area contributed by atoms with E-state index in [1.807, 2.05) is 13.8 Å². The normalized spacial score (nSPS) is 10.8. The van der Waals surface area contributed by atoms with Crippen molar-refractivity contribution in [2.24, 2.45) is 0 Å². The predicted octanol–water partition coefficient (Wildman–Crippen LogP) is 4.27. The molecule has 0 atom stereocenters. The largest absolute Gasteiger partial charge is 0.505 e. The second-order valence-electron chi connectivity index (χ2n) is 3.86. The van der Waals surface area contributed by atoms with Crippen molar-refractivity contribution in [2.75, 3.05) is 0 Å². The molecule has 0 heterocycles. The van der Waals surface area contributed by atoms with Crippen molar-refractivity contribution < 1.29 is 9.90 Å². The molecule has 0 unspecified atom stereocenters. The quantitative estimate of drug-likeness (QED) is 0.816. The Morgan fingerprint density at radius 3 is 2.33 bits per heavy atom. The summed E-state index contributed by atoms with van der Waals surface area (Å²) in [5.74, 6) is -0.829. The molecule has 18 heavy (non-hydrogen) atoms. The second kappa shape index (κ2) is 6.50. The first-order valence-corrected chi connectivity index (χ1v) is 6.73. The van der Waals surface area contributed by atoms with Crippen molar-refractivity contribution in [1.29, 1.82) is 0 Å². The molecule has 1 aromatic rings. The summed E-state index contributed by atoms with van der Waals surface area (Å²) in [7, 11) is 0. The molecule has 0 saturated heterocycles. The fraction of sp³-hybridized carbons (Fsp3) is 0.417. The average Bonchev–Trinajstić information content (AvgIpc) is 2.33. The number of rotatable bonds is 4. The van der Waals surface area contributed by atoms with E-state index in [2.05, 4.69) is 5.32 Å². The van der Waals surface area contributed by atoms with Crippen molar-refractivity contribution in [3.8, 4) is 5.75 Å². The van der Waals surface area contributed by atoms with Gasteiger partial charge in [-0.15, -0.1) is 0 Å². The molecule has 0 bridgehead atoms. The summed E-state index contributed by atoms with van der Waals surface area (Å²) < 4.78 is 0. The van der Waals surface area contributed by atoms with E-state index in [0.717, 1.165) is 12.8 Å². The fourth-order valence-electron chi connectivity index (χ4n) is 1.54. The molecule has 0 saturated carbocycles. The maximum atomic E-state index is 12.0. The Labute approximate surface area is 121 Å². The summed E-state index contributed by atoms with van der Waals surface area (Å²) in [6.07, 6.45) is 1.57. The molecule has 100 valence electrons. The number of aromatic hydroxyl groups is 1. The fourth-order valence-corrected chi connectivity index (χ4v) is 2.24. The zero-order valence-corrected chi connectivity index (χ0v) is 12.3. The summed E-state index contributed by atoms with van der Waals surface area (Å²) in [5.41, 5.74) is -0.0823. The van der Waals surface area contributed by atoms with Crippen LogP contribution in [0.5, 0.6) is 5.75 Å². The van der Waals surface area contributed by atoms with Crippen LogP contribution in [-0.4, -0.2) is 17.1 Å². The van der Waals surface area contributed by atoms with Gasteiger partial charge in [-0.25, -0.2) is 0 Å². The molecule has 3 nitrogen and oxygen atoms in total. The standard InChI is InChI=1S/C12H14Cl3NO2/c1-3-6(4-2)16-12(18)9-10(15)7(13)5-8(14)11(9)17/h5-6,17H,3-4H2,1-2H3,(H,16,18). The van der Waals surface area contributed by atoms with E-state index >= 15 is 0 Å². The van der Waals surface area contributed by atoms with E-state index in [-0.39, 0.29) is 32.4 Å². The minimum absolute atomic E-state index is 0.000836. The highest BCUT2D eigenvalue weighted by molar-refractivity contribution is 6.45. The van der Waals surface area contributed by atoms with Crippen molar-refractivity contribution in [1.82, 2.24) is 5.32 Å². The van der Waals surface area contributed by atoms with Gasteiger partial charge in [0, 0.05) is 6.04 Å². The number of nitrogens with one attached hydrogen (secondary N) is 1. The lowest BCUT2D eigenvalue weighted by atomic mass is 10.1. The van der Waals surface area contributed by atoms with Gasteiger partial charge in [-0.3, -0.25) is 4.79 Å². The number of carbonyl (C=O) groups excluding carboxylic acids is 1. The van der Waals surface area contributed by atoms with Crippen LogP contribution in [0.15, 0.2) is 6.07 Å². The first kappa shape index (κ1) is 15.4. The molecule has 1 amide bonds. The SMILES string of the molecule is CCC(CC)NC(=O)c1c(O)c(Cl)cc(Cl)c1Cl. The predicted molar refractivity (Wildman–Crippen MR) is 75.0 cm³/mol. The van der Waals surface area contributed by atoms with Gasteiger partial charge in [0.05, 0.1) is 15.1 Å². The number of phenols is 1. The Morgan fingerprint density at radius 1 is 1.28 bits per heavy atom. The van der Waals surface area contributed by atoms with E-state index in [4.69, 9.17) is 34.8 Å². The second-order valence-corrected chi connectivity index (χ2v) is 5.06. The van der Waals surface area contributed by atoms with Gasteiger partial charge >= 0.3 is 0 Å². The van der Waals surface area contributed by atoms with Gasteiger partial charge in [0.1, 0.15) is 11.3 Å². The van der Waals surface area contributed by atoms with Crippen LogP contribution >= 0.6 is 34.8 Å². The Hall–Kier alpha value is -0.640. The first-order chi connectivity index (χ1) is 8.42. The van der Waals surface area contributed by atoms with Gasteiger partial charge in [-0.05, 0) is 18.9 Å². The highest BCUT2D eigenvalue weighted by Gasteiger charge is 2.22. The number of benzene rings is 1. The van der Waals surface area contributed by atoms with Crippen molar-refractivity contribution in [3.63, 3.8) is 0 Å². The van der Waals surface area contributed by atoms with Crippen molar-refractivity contribution in [2.45, 2.75) is 32.7 Å². The van der Waals surface area contributed by atoms with E-state index in [0.29, 0.717) is 0 Å². The summed E-state index contributed by atoms with van der Waals surface area (Å²) >= 11 is 17.5. The number of halogens is 3. The monoisotopic (exact) mass is 309 g/mol. The van der Waals surface area contributed by atoms with Gasteiger partial charge in [0.25, 0.3) is 5.91 Å². The van der Waals surface area contributed by atoms with E-state index in [9.17, 15) is 9.90 Å². The van der Waals surface area contributed by atoms with Crippen LogP contribution in [0.1, 0.15) is 37.0 Å². The Kier molecular flexibility index (Phi) is 5.57. The van der Waals surface area contributed by atoms with Crippen LogP contribution in [0.4, 0.5) is 0 Å². The summed E-state index contributed by atoms with van der Waals surface area (Å²) in [5, 5.41) is 12.7. The molecule has 0 radical (unpaired) electrons. The van der Waals surface area contributed by atoms with E-state index in [1.54, 1.807) is 0 Å². The summed E-state index contributed by atoms with van der Waals surface area (Å²) in [6.45, 7) is 3.92. The van der Waals surface area contributed by atoms with Crippen LogP contribution in [0.2, 0.25) is 15.1 Å². The van der Waals surface area contributed by atoms with Crippen LogP contribution in [0.25, 0.3) is 0 Å². The number of hydrogen-bond donors (Lipinski definition) is 2. The third-order valence-electron chi connectivity index (χ3n) is 2.69. The molecular weight excluding hydrogens is 296 g/mol. The van der Waals surface area contributed by atoms with Crippen LogP contribution < -0.4 is 5.32 Å². The highest BCUT2D eigenvalue weighted by atomic mass is 35.5. The maximum Gasteiger partial charge on any atom is 0.256 e. The van der Waals surface area contributed by atoms with Gasteiger partial charge in [-0.1, -0.05) is 48.7 Å². The lowest BCUT2D eigenvalue weighted by Gasteiger charge is -2.16. The van der Waals surface area contributed by atoms with E-state index < -0.39 is 5.91 Å². The number of hydrogen-bond acceptors (Lipinski definition) is 2. The molecule has 0 fully saturated rings. The molecule has 0 aliphatic heterocycles. The first-order valence-electron chi connectivity index (χ1n) is 5.59.